The summed E-state index contributed by atoms with van der Waals surface area (Å²) in [6, 6.07) is 11.5. The predicted molar refractivity (Wildman–Crippen MR) is 101 cm³/mol. The van der Waals surface area contributed by atoms with Crippen molar-refractivity contribution in [2.24, 2.45) is 5.10 Å². The summed E-state index contributed by atoms with van der Waals surface area (Å²) in [6.45, 7) is 5.21. The Balaban J connectivity index is 1.98. The first-order chi connectivity index (χ1) is 13.1. The fraction of sp³-hybridized carbons (Fsp3) is 0.211. The van der Waals surface area contributed by atoms with E-state index in [9.17, 15) is 19.7 Å². The van der Waals surface area contributed by atoms with Gasteiger partial charge in [-0.05, 0) is 50.6 Å². The van der Waals surface area contributed by atoms with Gasteiger partial charge >= 0.3 is 12.1 Å². The molecule has 9 heteroatoms. The van der Waals surface area contributed by atoms with Gasteiger partial charge in [-0.1, -0.05) is 12.1 Å². The van der Waals surface area contributed by atoms with Gasteiger partial charge in [0, 0.05) is 12.1 Å². The molecule has 0 saturated carbocycles. The molecule has 28 heavy (non-hydrogen) atoms. The maximum atomic E-state index is 12.1. The zero-order valence-electron chi connectivity index (χ0n) is 15.5. The second-order valence-electron chi connectivity index (χ2n) is 6.64. The van der Waals surface area contributed by atoms with Crippen LogP contribution in [0.3, 0.4) is 0 Å². The Kier molecular flexibility index (Phi) is 6.43. The van der Waals surface area contributed by atoms with Crippen LogP contribution in [0, 0.1) is 10.1 Å². The van der Waals surface area contributed by atoms with E-state index in [2.05, 4.69) is 10.5 Å². The lowest BCUT2D eigenvalue weighted by molar-refractivity contribution is -0.384. The summed E-state index contributed by atoms with van der Waals surface area (Å²) in [7, 11) is 0. The first kappa shape index (κ1) is 20.6. The van der Waals surface area contributed by atoms with Gasteiger partial charge in [-0.2, -0.15) is 5.10 Å². The van der Waals surface area contributed by atoms with E-state index >= 15 is 0 Å². The van der Waals surface area contributed by atoms with Crippen LogP contribution in [0.4, 0.5) is 10.5 Å². The first-order valence-corrected chi connectivity index (χ1v) is 8.23. The molecule has 9 nitrogen and oxygen atoms in total. The predicted octanol–water partition coefficient (Wildman–Crippen LogP) is 3.67. The van der Waals surface area contributed by atoms with Crippen molar-refractivity contribution in [1.29, 1.82) is 0 Å². The molecule has 0 aromatic heterocycles. The molecule has 2 rings (SSSR count). The van der Waals surface area contributed by atoms with Gasteiger partial charge in [0.15, 0.2) is 0 Å². The molecule has 0 aliphatic rings. The largest absolute Gasteiger partial charge is 0.443 e. The van der Waals surface area contributed by atoms with Crippen LogP contribution in [0.25, 0.3) is 0 Å². The van der Waals surface area contributed by atoms with E-state index in [-0.39, 0.29) is 17.0 Å². The van der Waals surface area contributed by atoms with Crippen molar-refractivity contribution in [2.75, 3.05) is 0 Å². The van der Waals surface area contributed by atoms with Gasteiger partial charge in [-0.25, -0.2) is 15.0 Å². The van der Waals surface area contributed by atoms with Gasteiger partial charge in [-0.3, -0.25) is 10.1 Å². The van der Waals surface area contributed by atoms with Gasteiger partial charge in [0.1, 0.15) is 11.4 Å². The second kappa shape index (κ2) is 8.76. The smallest absolute Gasteiger partial charge is 0.428 e. The highest BCUT2D eigenvalue weighted by atomic mass is 16.6. The Morgan fingerprint density at radius 2 is 1.82 bits per heavy atom. The third-order valence-corrected chi connectivity index (χ3v) is 3.15. The van der Waals surface area contributed by atoms with Crippen LogP contribution in [0.15, 0.2) is 53.6 Å². The number of carbonyl (C=O) groups excluding carboxylic acids is 2. The van der Waals surface area contributed by atoms with Gasteiger partial charge in [0.05, 0.1) is 16.7 Å². The van der Waals surface area contributed by atoms with Gasteiger partial charge < -0.3 is 9.47 Å². The number of benzene rings is 2. The number of nitro groups is 1. The number of esters is 1. The van der Waals surface area contributed by atoms with Crippen molar-refractivity contribution in [3.63, 3.8) is 0 Å². The minimum atomic E-state index is -0.690. The molecule has 0 spiro atoms. The molecular formula is C19H19N3O6. The Labute approximate surface area is 161 Å². The zero-order valence-corrected chi connectivity index (χ0v) is 15.5. The van der Waals surface area contributed by atoms with Gasteiger partial charge in [0.25, 0.3) is 5.69 Å². The molecule has 0 saturated heterocycles. The van der Waals surface area contributed by atoms with Crippen molar-refractivity contribution < 1.29 is 24.0 Å². The van der Waals surface area contributed by atoms with Crippen LogP contribution >= 0.6 is 0 Å². The number of non-ortho nitro benzene ring substituents is 1. The van der Waals surface area contributed by atoms with E-state index in [0.717, 1.165) is 0 Å². The molecule has 0 radical (unpaired) electrons. The molecule has 1 amide bonds. The number of hydrazone groups is 1. The summed E-state index contributed by atoms with van der Waals surface area (Å²) in [5.41, 5.74) is 2.23. The van der Waals surface area contributed by atoms with E-state index in [1.54, 1.807) is 45.0 Å². The van der Waals surface area contributed by atoms with Crippen LogP contribution in [-0.2, 0) is 4.74 Å². The topological polar surface area (TPSA) is 120 Å². The second-order valence-corrected chi connectivity index (χ2v) is 6.64. The van der Waals surface area contributed by atoms with Crippen LogP contribution in [0.1, 0.15) is 36.7 Å². The van der Waals surface area contributed by atoms with Crippen LogP contribution in [-0.4, -0.2) is 28.8 Å². The molecule has 0 fully saturated rings. The van der Waals surface area contributed by atoms with E-state index in [1.165, 1.54) is 30.5 Å². The molecule has 2 aromatic rings. The van der Waals surface area contributed by atoms with E-state index < -0.39 is 22.6 Å². The quantitative estimate of drug-likeness (QED) is 0.276. The lowest BCUT2D eigenvalue weighted by Crippen LogP contribution is -2.29. The molecule has 0 aliphatic carbocycles. The Morgan fingerprint density at radius 1 is 1.14 bits per heavy atom. The number of nitrogens with one attached hydrogen (secondary N) is 1. The minimum absolute atomic E-state index is 0.118. The highest BCUT2D eigenvalue weighted by molar-refractivity contribution is 5.91. The van der Waals surface area contributed by atoms with Crippen molar-refractivity contribution >= 4 is 24.0 Å². The minimum Gasteiger partial charge on any atom is -0.443 e. The molecule has 146 valence electrons. The fourth-order valence-corrected chi connectivity index (χ4v) is 2.00. The highest BCUT2D eigenvalue weighted by Gasteiger charge is 2.15. The number of hydrogen-bond acceptors (Lipinski definition) is 7. The highest BCUT2D eigenvalue weighted by Crippen LogP contribution is 2.16. The molecule has 0 atom stereocenters. The average Bonchev–Trinajstić information content (AvgIpc) is 2.60. The summed E-state index contributed by atoms with van der Waals surface area (Å²) in [6.07, 6.45) is 0.678. The summed E-state index contributed by atoms with van der Waals surface area (Å²) >= 11 is 0. The molecule has 2 aromatic carbocycles. The van der Waals surface area contributed by atoms with Crippen LogP contribution in [0.5, 0.6) is 5.75 Å². The van der Waals surface area contributed by atoms with Crippen molar-refractivity contribution in [3.05, 3.63) is 69.8 Å². The van der Waals surface area contributed by atoms with Crippen molar-refractivity contribution in [1.82, 2.24) is 5.43 Å². The fourth-order valence-electron chi connectivity index (χ4n) is 2.00. The van der Waals surface area contributed by atoms with Gasteiger partial charge in [0.2, 0.25) is 0 Å². The normalized spacial score (nSPS) is 11.1. The number of rotatable bonds is 5. The standard InChI is InChI=1S/C19H19N3O6/c1-19(2,3)28-18(24)21-20-12-13-5-4-6-16(11-13)27-17(23)14-7-9-15(10-8-14)22(25)26/h4-12H,1-3H3,(H,21,24)/b20-12-. The molecule has 1 N–H and O–H groups in total. The summed E-state index contributed by atoms with van der Waals surface area (Å²) in [5.74, 6) is -0.402. The molecule has 0 unspecified atom stereocenters. The monoisotopic (exact) mass is 385 g/mol. The van der Waals surface area contributed by atoms with E-state index in [0.29, 0.717) is 5.56 Å². The van der Waals surface area contributed by atoms with Crippen molar-refractivity contribution in [3.8, 4) is 5.75 Å². The Hall–Kier alpha value is -3.75. The number of amides is 1. The SMILES string of the molecule is CC(C)(C)OC(=O)N/N=C\c1cccc(OC(=O)c2ccc([N+](=O)[O-])cc2)c1. The van der Waals surface area contributed by atoms with Crippen LogP contribution < -0.4 is 10.2 Å². The lowest BCUT2D eigenvalue weighted by Gasteiger charge is -2.18. The zero-order chi connectivity index (χ0) is 20.7. The maximum Gasteiger partial charge on any atom is 0.428 e. The molecular weight excluding hydrogens is 366 g/mol. The number of nitrogens with zero attached hydrogens (tertiary/aromatic N) is 2. The third kappa shape index (κ3) is 6.52. The summed E-state index contributed by atoms with van der Waals surface area (Å²) in [5, 5.41) is 14.4. The number of ether oxygens (including phenoxy) is 2. The Bertz CT molecular complexity index is 901. The first-order valence-electron chi connectivity index (χ1n) is 8.23. The van der Waals surface area contributed by atoms with Gasteiger partial charge in [-0.15, -0.1) is 0 Å². The maximum absolute atomic E-state index is 12.1. The summed E-state index contributed by atoms with van der Waals surface area (Å²) in [4.78, 5) is 33.8. The lowest BCUT2D eigenvalue weighted by atomic mass is 10.2. The average molecular weight is 385 g/mol. The number of carbonyl (C=O) groups is 2. The van der Waals surface area contributed by atoms with E-state index in [1.807, 2.05) is 0 Å². The van der Waals surface area contributed by atoms with Crippen LogP contribution in [0.2, 0.25) is 0 Å². The Morgan fingerprint density at radius 3 is 2.43 bits per heavy atom. The number of hydrogen-bond donors (Lipinski definition) is 1. The number of nitro benzene ring substituents is 1. The van der Waals surface area contributed by atoms with Crippen molar-refractivity contribution in [2.45, 2.75) is 26.4 Å². The molecule has 0 aliphatic heterocycles. The summed E-state index contributed by atoms with van der Waals surface area (Å²) < 4.78 is 10.3. The molecule has 0 heterocycles. The van der Waals surface area contributed by atoms with E-state index in [4.69, 9.17) is 9.47 Å². The third-order valence-electron chi connectivity index (χ3n) is 3.15. The molecule has 0 bridgehead atoms.